The highest BCUT2D eigenvalue weighted by atomic mass is 35.5. The number of rotatable bonds is 3. The van der Waals surface area contributed by atoms with Crippen LogP contribution in [0.5, 0.6) is 0 Å². The number of hydrogen-bond acceptors (Lipinski definition) is 3. The summed E-state index contributed by atoms with van der Waals surface area (Å²) in [5.41, 5.74) is 3.30. The third kappa shape index (κ3) is 4.58. The second kappa shape index (κ2) is 7.59. The van der Waals surface area contributed by atoms with E-state index in [1.807, 2.05) is 30.3 Å². The summed E-state index contributed by atoms with van der Waals surface area (Å²) in [5, 5.41) is 6.73. The van der Waals surface area contributed by atoms with Crippen LogP contribution < -0.4 is 10.7 Å². The molecule has 7 heteroatoms. The second-order valence-corrected chi connectivity index (χ2v) is 5.01. The molecule has 0 aliphatic heterocycles. The summed E-state index contributed by atoms with van der Waals surface area (Å²) in [6.45, 7) is 0. The molecule has 0 heterocycles. The third-order valence-corrected chi connectivity index (χ3v) is 3.30. The van der Waals surface area contributed by atoms with Crippen LogP contribution in [0, 0.1) is 0 Å². The molecule has 0 unspecified atom stereocenters. The van der Waals surface area contributed by atoms with E-state index in [0.717, 1.165) is 5.56 Å². The van der Waals surface area contributed by atoms with Crippen LogP contribution in [-0.2, 0) is 9.59 Å². The first-order valence-corrected chi connectivity index (χ1v) is 6.96. The molecule has 0 aromatic heterocycles. The van der Waals surface area contributed by atoms with Crippen LogP contribution >= 0.6 is 23.2 Å². The Balaban J connectivity index is 1.90. The minimum Gasteiger partial charge on any atom is -0.318 e. The normalized spacial score (nSPS) is 10.5. The van der Waals surface area contributed by atoms with Crippen LogP contribution in [0.15, 0.2) is 53.6 Å². The Morgan fingerprint density at radius 3 is 2.36 bits per heavy atom. The van der Waals surface area contributed by atoms with Crippen molar-refractivity contribution in [1.82, 2.24) is 5.43 Å². The Morgan fingerprint density at radius 1 is 0.955 bits per heavy atom. The molecule has 5 nitrogen and oxygen atoms in total. The van der Waals surface area contributed by atoms with Crippen LogP contribution in [0.25, 0.3) is 0 Å². The van der Waals surface area contributed by atoms with Gasteiger partial charge in [-0.1, -0.05) is 53.5 Å². The monoisotopic (exact) mass is 335 g/mol. The molecule has 0 saturated heterocycles. The minimum absolute atomic E-state index is 0.280. The van der Waals surface area contributed by atoms with Gasteiger partial charge in [-0.2, -0.15) is 5.10 Å². The van der Waals surface area contributed by atoms with E-state index in [4.69, 9.17) is 23.2 Å². The molecular formula is C15H11Cl2N3O2. The van der Waals surface area contributed by atoms with Gasteiger partial charge in [0, 0.05) is 5.69 Å². The van der Waals surface area contributed by atoms with E-state index in [9.17, 15) is 9.59 Å². The first-order valence-electron chi connectivity index (χ1n) is 6.21. The molecule has 2 aromatic rings. The topological polar surface area (TPSA) is 70.6 Å². The summed E-state index contributed by atoms with van der Waals surface area (Å²) >= 11 is 11.6. The van der Waals surface area contributed by atoms with Gasteiger partial charge >= 0.3 is 11.8 Å². The van der Waals surface area contributed by atoms with Gasteiger partial charge in [0.25, 0.3) is 0 Å². The lowest BCUT2D eigenvalue weighted by molar-refractivity contribution is -0.136. The highest BCUT2D eigenvalue weighted by molar-refractivity contribution is 6.42. The number of hydrazone groups is 1. The fourth-order valence-electron chi connectivity index (χ4n) is 1.52. The van der Waals surface area contributed by atoms with Gasteiger partial charge in [0.1, 0.15) is 0 Å². The van der Waals surface area contributed by atoms with Gasteiger partial charge in [0.05, 0.1) is 16.3 Å². The molecule has 2 rings (SSSR count). The lowest BCUT2D eigenvalue weighted by Crippen LogP contribution is -2.32. The van der Waals surface area contributed by atoms with Gasteiger partial charge in [-0.15, -0.1) is 0 Å². The summed E-state index contributed by atoms with van der Waals surface area (Å²) in [7, 11) is 0. The van der Waals surface area contributed by atoms with Crippen LogP contribution in [-0.4, -0.2) is 18.0 Å². The fourth-order valence-corrected chi connectivity index (χ4v) is 1.82. The summed E-state index contributed by atoms with van der Waals surface area (Å²) in [6, 6.07) is 13.7. The van der Waals surface area contributed by atoms with E-state index >= 15 is 0 Å². The Bertz CT molecular complexity index is 718. The Kier molecular flexibility index (Phi) is 5.52. The Morgan fingerprint density at radius 2 is 1.68 bits per heavy atom. The van der Waals surface area contributed by atoms with E-state index in [-0.39, 0.29) is 5.02 Å². The van der Waals surface area contributed by atoms with Crippen molar-refractivity contribution in [1.29, 1.82) is 0 Å². The summed E-state index contributed by atoms with van der Waals surface area (Å²) in [6.07, 6.45) is 1.43. The van der Waals surface area contributed by atoms with Gasteiger partial charge in [-0.3, -0.25) is 9.59 Å². The van der Waals surface area contributed by atoms with Crippen molar-refractivity contribution in [3.8, 4) is 0 Å². The molecule has 2 N–H and O–H groups in total. The number of carbonyl (C=O) groups excluding carboxylic acids is 2. The molecule has 0 bridgehead atoms. The maximum Gasteiger partial charge on any atom is 0.329 e. The largest absolute Gasteiger partial charge is 0.329 e. The number of nitrogens with zero attached hydrogens (tertiary/aromatic N) is 1. The zero-order valence-corrected chi connectivity index (χ0v) is 12.7. The van der Waals surface area contributed by atoms with E-state index in [1.54, 1.807) is 0 Å². The lowest BCUT2D eigenvalue weighted by atomic mass is 10.2. The fraction of sp³-hybridized carbons (Fsp3) is 0. The highest BCUT2D eigenvalue weighted by Gasteiger charge is 2.13. The molecule has 112 valence electrons. The van der Waals surface area contributed by atoms with Crippen molar-refractivity contribution in [2.75, 3.05) is 5.32 Å². The predicted molar refractivity (Wildman–Crippen MR) is 87.3 cm³/mol. The van der Waals surface area contributed by atoms with E-state index < -0.39 is 11.8 Å². The molecule has 22 heavy (non-hydrogen) atoms. The van der Waals surface area contributed by atoms with Crippen molar-refractivity contribution in [2.24, 2.45) is 5.10 Å². The zero-order valence-electron chi connectivity index (χ0n) is 11.2. The molecule has 0 saturated carbocycles. The number of amides is 2. The number of benzene rings is 2. The van der Waals surface area contributed by atoms with E-state index in [1.165, 1.54) is 24.4 Å². The molecule has 0 atom stereocenters. The number of anilines is 1. The quantitative estimate of drug-likeness (QED) is 0.514. The average Bonchev–Trinajstić information content (AvgIpc) is 2.52. The zero-order chi connectivity index (χ0) is 15.9. The second-order valence-electron chi connectivity index (χ2n) is 4.19. The Hall–Kier alpha value is -2.37. The van der Waals surface area contributed by atoms with Crippen LogP contribution in [0.3, 0.4) is 0 Å². The molecule has 0 radical (unpaired) electrons. The number of carbonyl (C=O) groups is 2. The first kappa shape index (κ1) is 16.0. The number of halogens is 2. The number of hydrogen-bond donors (Lipinski definition) is 2. The minimum atomic E-state index is -0.891. The van der Waals surface area contributed by atoms with Crippen LogP contribution in [0.1, 0.15) is 5.56 Å². The van der Waals surface area contributed by atoms with Gasteiger partial charge in [0.2, 0.25) is 0 Å². The smallest absolute Gasteiger partial charge is 0.318 e. The van der Waals surface area contributed by atoms with Gasteiger partial charge in [-0.05, 0) is 23.8 Å². The molecule has 2 aromatic carbocycles. The summed E-state index contributed by atoms with van der Waals surface area (Å²) in [4.78, 5) is 23.3. The summed E-state index contributed by atoms with van der Waals surface area (Å²) < 4.78 is 0. The van der Waals surface area contributed by atoms with Crippen molar-refractivity contribution in [3.63, 3.8) is 0 Å². The maximum atomic E-state index is 11.7. The Labute approximate surface area is 136 Å². The van der Waals surface area contributed by atoms with Crippen molar-refractivity contribution in [2.45, 2.75) is 0 Å². The van der Waals surface area contributed by atoms with Crippen molar-refractivity contribution >= 4 is 46.9 Å². The molecule has 0 aliphatic rings. The van der Waals surface area contributed by atoms with Crippen LogP contribution in [0.2, 0.25) is 10.0 Å². The summed E-state index contributed by atoms with van der Waals surface area (Å²) in [5.74, 6) is -1.75. The standard InChI is InChI=1S/C15H11Cl2N3O2/c16-12-7-6-11(8-13(12)17)19-14(21)15(22)20-18-9-10-4-2-1-3-5-10/h1-9H,(H,19,21)(H,20,22). The van der Waals surface area contributed by atoms with Crippen LogP contribution in [0.4, 0.5) is 5.69 Å². The first-order chi connectivity index (χ1) is 10.6. The lowest BCUT2D eigenvalue weighted by Gasteiger charge is -2.05. The van der Waals surface area contributed by atoms with Gasteiger partial charge < -0.3 is 5.32 Å². The molecule has 0 aliphatic carbocycles. The number of nitrogens with one attached hydrogen (secondary N) is 2. The maximum absolute atomic E-state index is 11.7. The van der Waals surface area contributed by atoms with Crippen molar-refractivity contribution in [3.05, 3.63) is 64.1 Å². The van der Waals surface area contributed by atoms with Gasteiger partial charge in [0.15, 0.2) is 0 Å². The average molecular weight is 336 g/mol. The highest BCUT2D eigenvalue weighted by Crippen LogP contribution is 2.24. The third-order valence-electron chi connectivity index (χ3n) is 2.56. The molecule has 0 fully saturated rings. The molecular weight excluding hydrogens is 325 g/mol. The van der Waals surface area contributed by atoms with Crippen molar-refractivity contribution < 1.29 is 9.59 Å². The van der Waals surface area contributed by atoms with E-state index in [0.29, 0.717) is 10.7 Å². The molecule has 0 spiro atoms. The predicted octanol–water partition coefficient (Wildman–Crippen LogP) is 3.08. The SMILES string of the molecule is O=C(NN=Cc1ccccc1)C(=O)Nc1ccc(Cl)c(Cl)c1. The molecule has 2 amide bonds. The van der Waals surface area contributed by atoms with E-state index in [2.05, 4.69) is 15.8 Å². The van der Waals surface area contributed by atoms with Gasteiger partial charge in [-0.25, -0.2) is 5.43 Å².